The maximum absolute atomic E-state index is 11.5. The molecule has 1 fully saturated rings. The summed E-state index contributed by atoms with van der Waals surface area (Å²) in [7, 11) is 1.68. The number of aliphatic hydroxyl groups excluding tert-OH is 1. The predicted octanol–water partition coefficient (Wildman–Crippen LogP) is 1.17. The fourth-order valence-electron chi connectivity index (χ4n) is 3.17. The minimum absolute atomic E-state index is 0. The van der Waals surface area contributed by atoms with Crippen molar-refractivity contribution in [1.29, 1.82) is 0 Å². The van der Waals surface area contributed by atoms with Crippen molar-refractivity contribution < 1.29 is 9.90 Å². The van der Waals surface area contributed by atoms with Crippen LogP contribution in [0.3, 0.4) is 0 Å². The van der Waals surface area contributed by atoms with Gasteiger partial charge in [0.25, 0.3) is 0 Å². The second kappa shape index (κ2) is 15.4. The van der Waals surface area contributed by atoms with Gasteiger partial charge in [0.1, 0.15) is 0 Å². The molecule has 4 N–H and O–H groups in total. The van der Waals surface area contributed by atoms with Crippen LogP contribution < -0.4 is 16.0 Å². The van der Waals surface area contributed by atoms with Gasteiger partial charge in [0.05, 0.1) is 6.54 Å². The Morgan fingerprint density at radius 2 is 1.96 bits per heavy atom. The van der Waals surface area contributed by atoms with Gasteiger partial charge in [-0.05, 0) is 38.5 Å². The number of carbonyl (C=O) groups excluding carboxylic acids is 1. The number of aliphatic hydroxyl groups is 1. The molecule has 0 spiro atoms. The van der Waals surface area contributed by atoms with Crippen LogP contribution in [0, 0.1) is 5.92 Å². The number of likely N-dealkylation sites (tertiary alicyclic amines) is 1. The molecule has 0 aromatic heterocycles. The Hall–Kier alpha value is -0.610. The number of halogens is 1. The number of likely N-dealkylation sites (N-methyl/N-ethyl adjacent to an activating group) is 1. The van der Waals surface area contributed by atoms with Gasteiger partial charge in [0, 0.05) is 45.9 Å². The second-order valence-corrected chi connectivity index (χ2v) is 6.75. The van der Waals surface area contributed by atoms with Gasteiger partial charge in [0.15, 0.2) is 5.96 Å². The zero-order valence-electron chi connectivity index (χ0n) is 16.6. The van der Waals surface area contributed by atoms with Crippen molar-refractivity contribution in [2.24, 2.45) is 10.9 Å². The van der Waals surface area contributed by atoms with Crippen LogP contribution in [0.25, 0.3) is 0 Å². The zero-order chi connectivity index (χ0) is 18.5. The molecule has 26 heavy (non-hydrogen) atoms. The molecule has 1 unspecified atom stereocenters. The SMILES string of the molecule is CCCC(CCO)CN=C(NCC)NC1CCN(CC(=O)NC)CC1.I. The number of aliphatic imine (C=N–C) groups is 1. The molecule has 7 nitrogen and oxygen atoms in total. The van der Waals surface area contributed by atoms with Crippen LogP contribution in [0.15, 0.2) is 4.99 Å². The summed E-state index contributed by atoms with van der Waals surface area (Å²) in [4.78, 5) is 18.4. The van der Waals surface area contributed by atoms with E-state index in [1.54, 1.807) is 7.05 Å². The van der Waals surface area contributed by atoms with Crippen molar-refractivity contribution in [2.75, 3.05) is 46.4 Å². The van der Waals surface area contributed by atoms with Crippen molar-refractivity contribution in [3.8, 4) is 0 Å². The molecule has 1 saturated heterocycles. The molecule has 8 heteroatoms. The molecule has 1 aliphatic rings. The molecule has 1 atom stereocenters. The molecular weight excluding hydrogens is 445 g/mol. The largest absolute Gasteiger partial charge is 0.396 e. The highest BCUT2D eigenvalue weighted by Gasteiger charge is 2.21. The number of hydrogen-bond acceptors (Lipinski definition) is 4. The molecule has 0 bridgehead atoms. The summed E-state index contributed by atoms with van der Waals surface area (Å²) in [5, 5.41) is 18.7. The Balaban J connectivity index is 0.00000625. The van der Waals surface area contributed by atoms with E-state index in [4.69, 9.17) is 4.99 Å². The molecule has 0 aliphatic carbocycles. The Labute approximate surface area is 175 Å². The first kappa shape index (κ1) is 25.4. The molecule has 0 aromatic rings. The van der Waals surface area contributed by atoms with Crippen LogP contribution in [0.5, 0.6) is 0 Å². The first-order chi connectivity index (χ1) is 12.1. The fourth-order valence-corrected chi connectivity index (χ4v) is 3.17. The molecule has 1 rings (SSSR count). The summed E-state index contributed by atoms with van der Waals surface area (Å²) in [6.07, 6.45) is 5.05. The zero-order valence-corrected chi connectivity index (χ0v) is 18.9. The monoisotopic (exact) mass is 483 g/mol. The first-order valence-electron chi connectivity index (χ1n) is 9.71. The molecule has 1 heterocycles. The van der Waals surface area contributed by atoms with E-state index in [0.29, 0.717) is 18.5 Å². The van der Waals surface area contributed by atoms with Crippen molar-refractivity contribution in [1.82, 2.24) is 20.9 Å². The van der Waals surface area contributed by atoms with Gasteiger partial charge in [0.2, 0.25) is 5.91 Å². The van der Waals surface area contributed by atoms with Crippen LogP contribution >= 0.6 is 24.0 Å². The molecule has 1 amide bonds. The van der Waals surface area contributed by atoms with Gasteiger partial charge in [-0.1, -0.05) is 13.3 Å². The number of amides is 1. The summed E-state index contributed by atoms with van der Waals surface area (Å²) in [5.74, 6) is 1.39. The smallest absolute Gasteiger partial charge is 0.233 e. The lowest BCUT2D eigenvalue weighted by atomic mass is 10.0. The number of rotatable bonds is 10. The summed E-state index contributed by atoms with van der Waals surface area (Å²) in [6.45, 7) is 8.38. The lowest BCUT2D eigenvalue weighted by molar-refractivity contribution is -0.122. The number of carbonyl (C=O) groups is 1. The number of guanidine groups is 1. The Kier molecular flexibility index (Phi) is 15.1. The standard InChI is InChI=1S/C18H37N5O2.HI/c1-4-6-15(9-12-24)13-21-18(20-5-2)22-16-7-10-23(11-8-16)14-17(25)19-3;/h15-16,24H,4-14H2,1-3H3,(H,19,25)(H2,20,21,22);1H. The average molecular weight is 483 g/mol. The summed E-state index contributed by atoms with van der Waals surface area (Å²) in [6, 6.07) is 0.390. The number of nitrogens with one attached hydrogen (secondary N) is 3. The van der Waals surface area contributed by atoms with E-state index in [0.717, 1.165) is 64.2 Å². The van der Waals surface area contributed by atoms with E-state index in [9.17, 15) is 9.90 Å². The lowest BCUT2D eigenvalue weighted by Gasteiger charge is -2.32. The quantitative estimate of drug-likeness (QED) is 0.213. The molecular formula is C18H38IN5O2. The van der Waals surface area contributed by atoms with E-state index in [1.807, 2.05) is 0 Å². The minimum atomic E-state index is 0. The third kappa shape index (κ3) is 10.5. The summed E-state index contributed by atoms with van der Waals surface area (Å²) < 4.78 is 0. The highest BCUT2D eigenvalue weighted by Crippen LogP contribution is 2.12. The van der Waals surface area contributed by atoms with E-state index in [1.165, 1.54) is 0 Å². The van der Waals surface area contributed by atoms with Gasteiger partial charge >= 0.3 is 0 Å². The maximum atomic E-state index is 11.5. The third-order valence-electron chi connectivity index (χ3n) is 4.66. The lowest BCUT2D eigenvalue weighted by Crippen LogP contribution is -2.50. The van der Waals surface area contributed by atoms with Crippen molar-refractivity contribution in [3.05, 3.63) is 0 Å². The van der Waals surface area contributed by atoms with Gasteiger partial charge in [-0.25, -0.2) is 0 Å². The molecule has 0 aromatic carbocycles. The Morgan fingerprint density at radius 3 is 2.50 bits per heavy atom. The van der Waals surface area contributed by atoms with Crippen LogP contribution in [0.4, 0.5) is 0 Å². The van der Waals surface area contributed by atoms with Crippen molar-refractivity contribution in [3.63, 3.8) is 0 Å². The molecule has 154 valence electrons. The number of piperidine rings is 1. The van der Waals surface area contributed by atoms with E-state index in [-0.39, 0.29) is 36.5 Å². The van der Waals surface area contributed by atoms with E-state index < -0.39 is 0 Å². The second-order valence-electron chi connectivity index (χ2n) is 6.75. The molecule has 0 saturated carbocycles. The normalized spacial score (nSPS) is 17.3. The van der Waals surface area contributed by atoms with Crippen molar-refractivity contribution >= 4 is 35.8 Å². The van der Waals surface area contributed by atoms with E-state index in [2.05, 4.69) is 34.7 Å². The van der Waals surface area contributed by atoms with Crippen LogP contribution in [0.1, 0.15) is 46.0 Å². The number of hydrogen-bond donors (Lipinski definition) is 4. The van der Waals surface area contributed by atoms with Crippen LogP contribution in [0.2, 0.25) is 0 Å². The minimum Gasteiger partial charge on any atom is -0.396 e. The van der Waals surface area contributed by atoms with Gasteiger partial charge in [-0.15, -0.1) is 24.0 Å². The Bertz CT molecular complexity index is 395. The topological polar surface area (TPSA) is 89.0 Å². The van der Waals surface area contributed by atoms with Crippen LogP contribution in [-0.2, 0) is 4.79 Å². The third-order valence-corrected chi connectivity index (χ3v) is 4.66. The molecule has 1 aliphatic heterocycles. The maximum Gasteiger partial charge on any atom is 0.233 e. The number of nitrogens with zero attached hydrogens (tertiary/aromatic N) is 2. The first-order valence-corrected chi connectivity index (χ1v) is 9.71. The van der Waals surface area contributed by atoms with Crippen molar-refractivity contribution in [2.45, 2.75) is 52.0 Å². The summed E-state index contributed by atoms with van der Waals surface area (Å²) in [5.41, 5.74) is 0. The molecule has 0 radical (unpaired) electrons. The van der Waals surface area contributed by atoms with Gasteiger partial charge < -0.3 is 21.1 Å². The predicted molar refractivity (Wildman–Crippen MR) is 118 cm³/mol. The average Bonchev–Trinajstić information content (AvgIpc) is 2.61. The fraction of sp³-hybridized carbons (Fsp3) is 0.889. The van der Waals surface area contributed by atoms with E-state index >= 15 is 0 Å². The summed E-state index contributed by atoms with van der Waals surface area (Å²) >= 11 is 0. The van der Waals surface area contributed by atoms with Gasteiger partial charge in [-0.3, -0.25) is 14.7 Å². The Morgan fingerprint density at radius 1 is 1.27 bits per heavy atom. The highest BCUT2D eigenvalue weighted by molar-refractivity contribution is 14.0. The van der Waals surface area contributed by atoms with Gasteiger partial charge in [-0.2, -0.15) is 0 Å². The highest BCUT2D eigenvalue weighted by atomic mass is 127. The van der Waals surface area contributed by atoms with Crippen LogP contribution in [-0.4, -0.2) is 74.3 Å².